The van der Waals surface area contributed by atoms with E-state index in [4.69, 9.17) is 18.1 Å². The lowest BCUT2D eigenvalue weighted by molar-refractivity contribution is -0.128. The molecular weight excluding hydrogens is 500 g/mol. The Morgan fingerprint density at radius 3 is 1.78 bits per heavy atom. The van der Waals surface area contributed by atoms with Crippen molar-refractivity contribution in [2.24, 2.45) is 0 Å². The maximum Gasteiger partial charge on any atom is 0.358 e. The smallest absolute Gasteiger partial charge is 0.337 e. The Kier molecular flexibility index (Phi) is 14.1. The molecule has 36 heavy (non-hydrogen) atoms. The number of carbonyl (C=O) groups excluding carboxylic acids is 1. The first-order chi connectivity index (χ1) is 17.0. The van der Waals surface area contributed by atoms with Crippen molar-refractivity contribution in [1.82, 2.24) is 4.90 Å². The molecule has 208 valence electrons. The maximum absolute atomic E-state index is 14.1. The van der Waals surface area contributed by atoms with Crippen LogP contribution in [-0.4, -0.2) is 55.2 Å². The van der Waals surface area contributed by atoms with Gasteiger partial charge in [0.2, 0.25) is 0 Å². The normalized spacial score (nSPS) is 17.1. The molecule has 0 radical (unpaired) electrons. The second-order valence-electron chi connectivity index (χ2n) is 9.11. The fourth-order valence-corrected chi connectivity index (χ4v) is 9.88. The molecule has 0 bridgehead atoms. The highest BCUT2D eigenvalue weighted by molar-refractivity contribution is 7.76. The van der Waals surface area contributed by atoms with E-state index in [1.165, 1.54) is 11.1 Å². The number of likely N-dealkylation sites (tertiary alicyclic amines) is 1. The largest absolute Gasteiger partial charge is 0.358 e. The molecule has 0 aliphatic carbocycles. The van der Waals surface area contributed by atoms with Crippen LogP contribution in [0.15, 0.2) is 34.9 Å². The van der Waals surface area contributed by atoms with E-state index in [0.717, 1.165) is 24.8 Å². The van der Waals surface area contributed by atoms with Crippen molar-refractivity contribution in [3.8, 4) is 0 Å². The predicted octanol–water partition coefficient (Wildman–Crippen LogP) is 7.48. The van der Waals surface area contributed by atoms with Gasteiger partial charge in [-0.3, -0.25) is 13.9 Å². The second-order valence-corrected chi connectivity index (χ2v) is 14.0. The van der Waals surface area contributed by atoms with Crippen LogP contribution >= 0.6 is 15.2 Å². The number of allylic oxidation sites excluding steroid dienone is 5. The van der Waals surface area contributed by atoms with E-state index in [2.05, 4.69) is 32.9 Å². The van der Waals surface area contributed by atoms with E-state index >= 15 is 0 Å². The van der Waals surface area contributed by atoms with E-state index in [0.29, 0.717) is 6.54 Å². The monoisotopic (exact) mass is 547 g/mol. The van der Waals surface area contributed by atoms with Crippen molar-refractivity contribution < 1.29 is 32.0 Å². The van der Waals surface area contributed by atoms with Gasteiger partial charge in [-0.05, 0) is 74.7 Å². The molecule has 1 aliphatic heterocycles. The van der Waals surface area contributed by atoms with Gasteiger partial charge in [0.1, 0.15) is 0 Å². The molecule has 0 aromatic heterocycles. The Hall–Kier alpha value is -1.01. The van der Waals surface area contributed by atoms with Crippen LogP contribution < -0.4 is 0 Å². The summed E-state index contributed by atoms with van der Waals surface area (Å²) in [6, 6.07) is 0. The zero-order chi connectivity index (χ0) is 27.4. The van der Waals surface area contributed by atoms with E-state index in [-0.39, 0.29) is 39.4 Å². The first-order valence-corrected chi connectivity index (χ1v) is 16.1. The lowest BCUT2D eigenvalue weighted by Crippen LogP contribution is -2.42. The maximum atomic E-state index is 14.1. The average Bonchev–Trinajstić information content (AvgIpc) is 3.15. The Bertz CT molecular complexity index is 856. The third-order valence-electron chi connectivity index (χ3n) is 5.99. The van der Waals surface area contributed by atoms with Crippen molar-refractivity contribution in [2.75, 3.05) is 39.5 Å². The molecule has 0 aromatic carbocycles. The van der Waals surface area contributed by atoms with Gasteiger partial charge >= 0.3 is 15.2 Å². The minimum atomic E-state index is -4.20. The van der Waals surface area contributed by atoms with Gasteiger partial charge in [-0.2, -0.15) is 0 Å². The molecule has 10 heteroatoms. The van der Waals surface area contributed by atoms with Gasteiger partial charge < -0.3 is 23.0 Å². The van der Waals surface area contributed by atoms with Crippen molar-refractivity contribution in [3.05, 3.63) is 34.9 Å². The van der Waals surface area contributed by atoms with Crippen molar-refractivity contribution >= 4 is 21.1 Å². The summed E-state index contributed by atoms with van der Waals surface area (Å²) in [6.45, 7) is 15.7. The van der Waals surface area contributed by atoms with E-state index in [1.54, 1.807) is 32.6 Å². The fourth-order valence-electron chi connectivity index (χ4n) is 4.13. The third kappa shape index (κ3) is 7.99. The highest BCUT2D eigenvalue weighted by Gasteiger charge is 2.73. The van der Waals surface area contributed by atoms with Crippen molar-refractivity contribution in [1.29, 1.82) is 0 Å². The van der Waals surface area contributed by atoms with Crippen molar-refractivity contribution in [2.45, 2.75) is 86.0 Å². The molecule has 1 amide bonds. The van der Waals surface area contributed by atoms with E-state index in [1.807, 2.05) is 13.0 Å². The molecule has 1 heterocycles. The molecule has 1 rings (SSSR count). The lowest BCUT2D eigenvalue weighted by atomic mass is 10.1. The molecule has 0 aromatic rings. The van der Waals surface area contributed by atoms with Crippen LogP contribution in [0.4, 0.5) is 0 Å². The minimum absolute atomic E-state index is 0.000425. The molecule has 0 saturated carbocycles. The Balaban J connectivity index is 3.18. The summed E-state index contributed by atoms with van der Waals surface area (Å²) in [6.07, 6.45) is 9.18. The Labute approximate surface area is 218 Å². The summed E-state index contributed by atoms with van der Waals surface area (Å²) in [7, 11) is -8.40. The van der Waals surface area contributed by atoms with Crippen LogP contribution in [-0.2, 0) is 32.0 Å². The predicted molar refractivity (Wildman–Crippen MR) is 146 cm³/mol. The third-order valence-corrected chi connectivity index (χ3v) is 12.5. The lowest BCUT2D eigenvalue weighted by Gasteiger charge is -2.38. The van der Waals surface area contributed by atoms with Gasteiger partial charge in [0.05, 0.1) is 26.4 Å². The molecule has 8 nitrogen and oxygen atoms in total. The number of nitrogens with zero attached hydrogens (tertiary/aromatic N) is 1. The van der Waals surface area contributed by atoms with Gasteiger partial charge in [0.25, 0.3) is 10.8 Å². The van der Waals surface area contributed by atoms with Crippen molar-refractivity contribution in [3.63, 3.8) is 0 Å². The summed E-state index contributed by atoms with van der Waals surface area (Å²) < 4.78 is 50.5. The Morgan fingerprint density at radius 2 is 1.33 bits per heavy atom. The fraction of sp³-hybridized carbons (Fsp3) is 0.731. The van der Waals surface area contributed by atoms with Gasteiger partial charge in [0, 0.05) is 19.5 Å². The number of hydrogen-bond donors (Lipinski definition) is 0. The topological polar surface area (TPSA) is 91.4 Å². The van der Waals surface area contributed by atoms with Gasteiger partial charge in [0.15, 0.2) is 0 Å². The van der Waals surface area contributed by atoms with E-state index in [9.17, 15) is 13.9 Å². The van der Waals surface area contributed by atoms with E-state index < -0.39 is 26.0 Å². The molecule has 1 fully saturated rings. The number of carbonyl (C=O) groups is 1. The molecule has 0 spiro atoms. The quantitative estimate of drug-likeness (QED) is 0.138. The van der Waals surface area contributed by atoms with Gasteiger partial charge in [-0.25, -0.2) is 0 Å². The molecule has 0 N–H and O–H groups in total. The number of rotatable bonds is 17. The van der Waals surface area contributed by atoms with Crippen LogP contribution in [0.25, 0.3) is 0 Å². The molecule has 0 unspecified atom stereocenters. The van der Waals surface area contributed by atoms with Crippen LogP contribution in [0.2, 0.25) is 0 Å². The molecule has 0 atom stereocenters. The number of hydrogen-bond acceptors (Lipinski definition) is 7. The van der Waals surface area contributed by atoms with Crippen LogP contribution in [0.1, 0.15) is 81.1 Å². The zero-order valence-electron chi connectivity index (χ0n) is 23.5. The molecule has 1 saturated heterocycles. The molecule has 1 aliphatic rings. The molecular formula is C26H47NO7P2. The van der Waals surface area contributed by atoms with Crippen LogP contribution in [0.5, 0.6) is 0 Å². The van der Waals surface area contributed by atoms with Crippen LogP contribution in [0.3, 0.4) is 0 Å². The minimum Gasteiger partial charge on any atom is -0.337 e. The van der Waals surface area contributed by atoms with Crippen LogP contribution in [0, 0.1) is 0 Å². The van der Waals surface area contributed by atoms with Gasteiger partial charge in [-0.15, -0.1) is 0 Å². The first-order valence-electron chi connectivity index (χ1n) is 13.0. The summed E-state index contributed by atoms with van der Waals surface area (Å²) in [4.78, 5) is 13.4. The van der Waals surface area contributed by atoms with Gasteiger partial charge in [-0.1, -0.05) is 34.9 Å². The summed E-state index contributed by atoms with van der Waals surface area (Å²) in [5, 5.41) is 0. The Morgan fingerprint density at radius 1 is 0.833 bits per heavy atom. The first kappa shape index (κ1) is 33.0. The summed E-state index contributed by atoms with van der Waals surface area (Å²) >= 11 is 0. The summed E-state index contributed by atoms with van der Waals surface area (Å²) in [5.41, 5.74) is 3.78. The highest BCUT2D eigenvalue weighted by atomic mass is 31.2. The standard InChI is InChI=1S/C26H47NO7P2/c1-9-31-35(29,32-10-2)26(36(30,33-11-3)34-12-4)19-21-27(25(26)28)20-18-24(8)15-13-14-23(7)17-16-22(5)6/h14,16,18H,9-13,15,17,19-21H2,1-8H3/b23-14+,24-18+. The average molecular weight is 548 g/mol. The second kappa shape index (κ2) is 15.4. The number of amides is 1. The highest BCUT2D eigenvalue weighted by Crippen LogP contribution is 2.80. The summed E-state index contributed by atoms with van der Waals surface area (Å²) in [5.74, 6) is -0.570. The SMILES string of the molecule is CCOP(=O)(OCC)C1(P(=O)(OCC)OCC)CCN(C/C=C(\C)CC/C=C(\C)CC=C(C)C)C1=O. The zero-order valence-corrected chi connectivity index (χ0v) is 25.3.